The molecule has 2 aliphatic rings. The van der Waals surface area contributed by atoms with Gasteiger partial charge in [0.1, 0.15) is 5.82 Å². The average Bonchev–Trinajstić information content (AvgIpc) is 3.00. The molecule has 1 aromatic carbocycles. The highest BCUT2D eigenvalue weighted by Crippen LogP contribution is 2.39. The van der Waals surface area contributed by atoms with Gasteiger partial charge in [0.15, 0.2) is 5.75 Å². The van der Waals surface area contributed by atoms with Gasteiger partial charge >= 0.3 is 5.69 Å². The highest BCUT2D eigenvalue weighted by atomic mass is 16.6. The molecule has 0 aliphatic carbocycles. The van der Waals surface area contributed by atoms with E-state index in [2.05, 4.69) is 9.88 Å². The second kappa shape index (κ2) is 6.30. The third-order valence-electron chi connectivity index (χ3n) is 5.20. The van der Waals surface area contributed by atoms with Gasteiger partial charge in [0.05, 0.1) is 29.2 Å². The summed E-state index contributed by atoms with van der Waals surface area (Å²) in [7, 11) is 0. The van der Waals surface area contributed by atoms with E-state index in [9.17, 15) is 15.2 Å². The van der Waals surface area contributed by atoms with Crippen LogP contribution in [0, 0.1) is 17.0 Å². The summed E-state index contributed by atoms with van der Waals surface area (Å²) in [5.74, 6) is 0.455. The quantitative estimate of drug-likeness (QED) is 0.663. The van der Waals surface area contributed by atoms with Crippen LogP contribution in [-0.4, -0.2) is 44.6 Å². The first-order chi connectivity index (χ1) is 12.5. The number of aromatic hydroxyl groups is 1. The van der Waals surface area contributed by atoms with Gasteiger partial charge in [-0.05, 0) is 31.5 Å². The number of phenolic OH excluding ortho intramolecular Hbond substituents is 1. The average molecular weight is 356 g/mol. The molecule has 4 rings (SSSR count). The zero-order chi connectivity index (χ0) is 18.3. The Balaban J connectivity index is 1.56. The Kier molecular flexibility index (Phi) is 4.08. The molecule has 1 fully saturated rings. The molecule has 0 radical (unpaired) electrons. The van der Waals surface area contributed by atoms with E-state index in [0.717, 1.165) is 42.2 Å². The second-order valence-corrected chi connectivity index (χ2v) is 7.11. The van der Waals surface area contributed by atoms with Crippen molar-refractivity contribution in [2.75, 3.05) is 19.7 Å². The SMILES string of the molecule is Cc1ncc2c(n1)C1(CCN(Cc3ccc(O)c([N+](=O)[O-])c3)C1)COC2. The molecule has 1 aromatic heterocycles. The van der Waals surface area contributed by atoms with Crippen molar-refractivity contribution in [2.24, 2.45) is 0 Å². The van der Waals surface area contributed by atoms with Gasteiger partial charge in [-0.2, -0.15) is 0 Å². The van der Waals surface area contributed by atoms with Crippen LogP contribution >= 0.6 is 0 Å². The van der Waals surface area contributed by atoms with E-state index >= 15 is 0 Å². The maximum Gasteiger partial charge on any atom is 0.311 e. The maximum absolute atomic E-state index is 11.0. The topological polar surface area (TPSA) is 102 Å². The lowest BCUT2D eigenvalue weighted by atomic mass is 9.80. The van der Waals surface area contributed by atoms with Crippen molar-refractivity contribution in [3.63, 3.8) is 0 Å². The lowest BCUT2D eigenvalue weighted by molar-refractivity contribution is -0.385. The van der Waals surface area contributed by atoms with Crippen LogP contribution < -0.4 is 0 Å². The Morgan fingerprint density at radius 1 is 1.46 bits per heavy atom. The zero-order valence-corrected chi connectivity index (χ0v) is 14.5. The van der Waals surface area contributed by atoms with Crippen molar-refractivity contribution in [3.05, 3.63) is 57.2 Å². The van der Waals surface area contributed by atoms with Crippen LogP contribution in [0.15, 0.2) is 24.4 Å². The Morgan fingerprint density at radius 3 is 3.12 bits per heavy atom. The molecule has 3 heterocycles. The third kappa shape index (κ3) is 2.91. The van der Waals surface area contributed by atoms with E-state index in [-0.39, 0.29) is 16.9 Å². The first-order valence-electron chi connectivity index (χ1n) is 8.56. The van der Waals surface area contributed by atoms with Gasteiger partial charge in [0, 0.05) is 30.9 Å². The summed E-state index contributed by atoms with van der Waals surface area (Å²) in [5, 5.41) is 20.6. The Labute approximate surface area is 150 Å². The van der Waals surface area contributed by atoms with E-state index in [1.54, 1.807) is 6.07 Å². The number of rotatable bonds is 3. The first kappa shape index (κ1) is 16.9. The van der Waals surface area contributed by atoms with Crippen molar-refractivity contribution in [3.8, 4) is 5.75 Å². The Hall–Kier alpha value is -2.58. The summed E-state index contributed by atoms with van der Waals surface area (Å²) < 4.78 is 5.81. The Morgan fingerprint density at radius 2 is 2.31 bits per heavy atom. The molecule has 0 amide bonds. The lowest BCUT2D eigenvalue weighted by Crippen LogP contribution is -2.40. The standard InChI is InChI=1S/C18H20N4O4/c1-12-19-7-14-9-26-11-18(17(14)20-12)4-5-21(10-18)8-13-2-3-16(23)15(6-13)22(24)25/h2-3,6-7,23H,4-5,8-11H2,1H3. The van der Waals surface area contributed by atoms with E-state index in [0.29, 0.717) is 19.8 Å². The summed E-state index contributed by atoms with van der Waals surface area (Å²) in [5.41, 5.74) is 2.53. The number of benzene rings is 1. The molecule has 1 spiro atoms. The minimum absolute atomic E-state index is 0.149. The number of likely N-dealkylation sites (tertiary alicyclic amines) is 1. The number of aryl methyl sites for hydroxylation is 1. The number of fused-ring (bicyclic) bond motifs is 2. The van der Waals surface area contributed by atoms with Crippen molar-refractivity contribution in [2.45, 2.75) is 31.9 Å². The molecule has 8 nitrogen and oxygen atoms in total. The molecule has 8 heteroatoms. The number of nitro groups is 1. The van der Waals surface area contributed by atoms with Gasteiger partial charge in [0.2, 0.25) is 0 Å². The number of aromatic nitrogens is 2. The highest BCUT2D eigenvalue weighted by Gasteiger charge is 2.44. The fourth-order valence-corrected chi connectivity index (χ4v) is 3.96. The molecule has 136 valence electrons. The Bertz CT molecular complexity index is 872. The molecule has 2 aliphatic heterocycles. The molecule has 1 unspecified atom stereocenters. The normalized spacial score (nSPS) is 22.5. The predicted molar refractivity (Wildman–Crippen MR) is 92.8 cm³/mol. The highest BCUT2D eigenvalue weighted by molar-refractivity contribution is 5.47. The van der Waals surface area contributed by atoms with E-state index < -0.39 is 4.92 Å². The van der Waals surface area contributed by atoms with Crippen LogP contribution in [0.5, 0.6) is 5.75 Å². The number of phenols is 1. The summed E-state index contributed by atoms with van der Waals surface area (Å²) in [4.78, 5) is 21.7. The smallest absolute Gasteiger partial charge is 0.311 e. The molecular weight excluding hydrogens is 336 g/mol. The molecule has 26 heavy (non-hydrogen) atoms. The van der Waals surface area contributed by atoms with E-state index in [1.807, 2.05) is 13.1 Å². The van der Waals surface area contributed by atoms with Crippen LogP contribution in [0.2, 0.25) is 0 Å². The van der Waals surface area contributed by atoms with Gasteiger partial charge < -0.3 is 9.84 Å². The summed E-state index contributed by atoms with van der Waals surface area (Å²) in [6, 6.07) is 4.55. The third-order valence-corrected chi connectivity index (χ3v) is 5.20. The maximum atomic E-state index is 11.0. The predicted octanol–water partition coefficient (Wildman–Crippen LogP) is 2.07. The number of nitrogens with zero attached hydrogens (tertiary/aromatic N) is 4. The summed E-state index contributed by atoms with van der Waals surface area (Å²) in [6.07, 6.45) is 2.78. The molecule has 0 saturated carbocycles. The molecule has 1 saturated heterocycles. The van der Waals surface area contributed by atoms with Crippen LogP contribution in [0.3, 0.4) is 0 Å². The molecular formula is C18H20N4O4. The molecule has 2 aromatic rings. The summed E-state index contributed by atoms with van der Waals surface area (Å²) in [6.45, 7) is 5.30. The van der Waals surface area contributed by atoms with E-state index in [4.69, 9.17) is 9.72 Å². The summed E-state index contributed by atoms with van der Waals surface area (Å²) >= 11 is 0. The number of nitro benzene ring substituents is 1. The van der Waals surface area contributed by atoms with Gasteiger partial charge in [-0.1, -0.05) is 6.07 Å². The number of hydrogen-bond donors (Lipinski definition) is 1. The van der Waals surface area contributed by atoms with Crippen LogP contribution in [0.4, 0.5) is 5.69 Å². The van der Waals surface area contributed by atoms with Gasteiger partial charge in [0.25, 0.3) is 0 Å². The lowest BCUT2D eigenvalue weighted by Gasteiger charge is -2.34. The minimum Gasteiger partial charge on any atom is -0.502 e. The van der Waals surface area contributed by atoms with Crippen LogP contribution in [0.1, 0.15) is 29.1 Å². The fraction of sp³-hybridized carbons (Fsp3) is 0.444. The number of ether oxygens (including phenoxy) is 1. The largest absolute Gasteiger partial charge is 0.502 e. The van der Waals surface area contributed by atoms with Gasteiger partial charge in [-0.15, -0.1) is 0 Å². The minimum atomic E-state index is -0.560. The van der Waals surface area contributed by atoms with E-state index in [1.165, 1.54) is 12.1 Å². The van der Waals surface area contributed by atoms with Crippen LogP contribution in [-0.2, 0) is 23.3 Å². The molecule has 1 N–H and O–H groups in total. The molecule has 0 bridgehead atoms. The molecule has 1 atom stereocenters. The monoisotopic (exact) mass is 356 g/mol. The van der Waals surface area contributed by atoms with Crippen molar-refractivity contribution < 1.29 is 14.8 Å². The van der Waals surface area contributed by atoms with Crippen molar-refractivity contribution in [1.82, 2.24) is 14.9 Å². The number of hydrogen-bond acceptors (Lipinski definition) is 7. The van der Waals surface area contributed by atoms with Crippen molar-refractivity contribution >= 4 is 5.69 Å². The fourth-order valence-electron chi connectivity index (χ4n) is 3.96. The first-order valence-corrected chi connectivity index (χ1v) is 8.56. The van der Waals surface area contributed by atoms with Crippen LogP contribution in [0.25, 0.3) is 0 Å². The van der Waals surface area contributed by atoms with Gasteiger partial charge in [-0.3, -0.25) is 15.0 Å². The zero-order valence-electron chi connectivity index (χ0n) is 14.5. The van der Waals surface area contributed by atoms with Crippen molar-refractivity contribution in [1.29, 1.82) is 0 Å². The van der Waals surface area contributed by atoms with Gasteiger partial charge in [-0.25, -0.2) is 9.97 Å². The second-order valence-electron chi connectivity index (χ2n) is 7.11.